The Balaban J connectivity index is 0.00000176. The van der Waals surface area contributed by atoms with Gasteiger partial charge in [0.2, 0.25) is 0 Å². The van der Waals surface area contributed by atoms with Gasteiger partial charge in [0.15, 0.2) is 24.7 Å². The molecule has 0 amide bonds. The number of aliphatic hydroxyl groups is 6. The van der Waals surface area contributed by atoms with E-state index in [1.165, 1.54) is 27.2 Å². The molecule has 4 heterocycles. The number of nitrogens with zero attached hydrogens (tertiary/aromatic N) is 1. The Morgan fingerprint density at radius 2 is 1.51 bits per heavy atom. The molecule has 0 radical (unpaired) electrons. The Kier molecular flexibility index (Phi) is 25.2. The highest BCUT2D eigenvalue weighted by Crippen LogP contribution is 2.37. The summed E-state index contributed by atoms with van der Waals surface area (Å²) in [6.45, 7) is 13.1. The van der Waals surface area contributed by atoms with Crippen molar-refractivity contribution >= 4 is 28.2 Å². The van der Waals surface area contributed by atoms with Crippen molar-refractivity contribution in [3.63, 3.8) is 0 Å². The Hall–Kier alpha value is -2.40. The topological polar surface area (TPSA) is 313 Å². The number of hydrogen-bond donors (Lipinski definition) is 7. The predicted molar refractivity (Wildman–Crippen MR) is 254 cm³/mol. The molecular weight excluding hydrogens is 959 g/mol. The van der Waals surface area contributed by atoms with Gasteiger partial charge in [-0.3, -0.25) is 14.1 Å². The Morgan fingerprint density at radius 1 is 0.873 bits per heavy atom. The summed E-state index contributed by atoms with van der Waals surface area (Å²) in [5.74, 6) is -4.17. The van der Waals surface area contributed by atoms with Crippen molar-refractivity contribution in [1.29, 1.82) is 0 Å². The standard InChI is InChI=1S/C46H77NO17.C2H6O4S/c1-13-33-30(22-58-45-42(57-12)41(56-11)37(52)26(5)60-45)18-23(2)14-15-31(49)24(3)19-29(16-17-48)39(25(4)32(50)20-34(51)62-33)64-44-38(53)36(47(9)10)40(27(6)61-44)63-35-21-46(8,55)43(54)28(7)59-35;3-1-2-7(4,5)6/h14-15,17-18,24-30,32-33,35-45,50,52-55H,13,16,19-22H2,1-12H3;3H,1-2H2,(H,4,5,6)/b15-14+,23-18+;/t24-,25+,26-,27-,28+,29+,30?,32-,33-,35+,36-,37-,38-,39-,40-,41-,42-,43+,44+,45-,46-;/m1./s1. The number of ether oxygens (including phenoxy) is 9. The first kappa shape index (κ1) is 62.9. The third-order valence-corrected chi connectivity index (χ3v) is 14.5. The number of cyclic esters (lactones) is 1. The van der Waals surface area contributed by atoms with Crippen molar-refractivity contribution in [2.24, 2.45) is 23.7 Å². The van der Waals surface area contributed by atoms with Crippen molar-refractivity contribution in [3.05, 3.63) is 23.8 Å². The van der Waals surface area contributed by atoms with E-state index in [0.29, 0.717) is 12.0 Å². The molecule has 1 unspecified atom stereocenters. The van der Waals surface area contributed by atoms with E-state index in [-0.39, 0.29) is 31.7 Å². The van der Waals surface area contributed by atoms with Crippen LogP contribution in [-0.4, -0.2) is 218 Å². The second-order valence-corrected chi connectivity index (χ2v) is 21.3. The molecule has 7 N–H and O–H groups in total. The zero-order chi connectivity index (χ0) is 53.7. The number of aldehydes is 1. The summed E-state index contributed by atoms with van der Waals surface area (Å²) in [5.41, 5.74) is -0.806. The monoisotopic (exact) mass is 1040 g/mol. The lowest BCUT2D eigenvalue weighted by molar-refractivity contribution is -0.341. The molecule has 0 saturated carbocycles. The van der Waals surface area contributed by atoms with Crippen molar-refractivity contribution in [2.75, 3.05) is 47.3 Å². The fourth-order valence-electron chi connectivity index (χ4n) is 9.62. The highest BCUT2D eigenvalue weighted by atomic mass is 32.2. The number of carbonyl (C=O) groups is 3. The van der Waals surface area contributed by atoms with Gasteiger partial charge in [0.25, 0.3) is 10.1 Å². The molecule has 4 aliphatic heterocycles. The molecule has 4 aliphatic rings. The number of carbonyl (C=O) groups excluding carboxylic acids is 3. The number of esters is 1. The van der Waals surface area contributed by atoms with Crippen LogP contribution >= 0.6 is 0 Å². The van der Waals surface area contributed by atoms with Gasteiger partial charge in [-0.2, -0.15) is 8.42 Å². The van der Waals surface area contributed by atoms with Gasteiger partial charge in [-0.25, -0.2) is 0 Å². The summed E-state index contributed by atoms with van der Waals surface area (Å²) < 4.78 is 81.8. The van der Waals surface area contributed by atoms with Gasteiger partial charge in [0, 0.05) is 44.8 Å². The molecule has 0 aromatic rings. The minimum atomic E-state index is -3.92. The molecule has 4 rings (SSSR count). The van der Waals surface area contributed by atoms with Crippen LogP contribution < -0.4 is 0 Å². The average Bonchev–Trinajstić information content (AvgIpc) is 3.28. The molecule has 0 aliphatic carbocycles. The first-order chi connectivity index (χ1) is 33.1. The van der Waals surface area contributed by atoms with Crippen LogP contribution in [0.15, 0.2) is 23.8 Å². The van der Waals surface area contributed by atoms with Crippen LogP contribution in [0.5, 0.6) is 0 Å². The van der Waals surface area contributed by atoms with Crippen LogP contribution in [0.2, 0.25) is 0 Å². The second-order valence-electron chi connectivity index (χ2n) is 19.8. The summed E-state index contributed by atoms with van der Waals surface area (Å²) in [7, 11) is 2.51. The lowest BCUT2D eigenvalue weighted by Gasteiger charge is -2.50. The third-order valence-electron chi connectivity index (χ3n) is 13.8. The maximum Gasteiger partial charge on any atom is 0.308 e. The number of rotatable bonds is 15. The minimum absolute atomic E-state index is 0.00788. The fourth-order valence-corrected chi connectivity index (χ4v) is 9.85. The van der Waals surface area contributed by atoms with Crippen LogP contribution in [0.25, 0.3) is 0 Å². The summed E-state index contributed by atoms with van der Waals surface area (Å²) in [5, 5.41) is 63.6. The van der Waals surface area contributed by atoms with Crippen molar-refractivity contribution < 1.29 is 101 Å². The lowest BCUT2D eigenvalue weighted by Crippen LogP contribution is -2.65. The molecule has 21 atom stereocenters. The van der Waals surface area contributed by atoms with Crippen molar-refractivity contribution in [3.8, 4) is 0 Å². The Labute approximate surface area is 418 Å². The van der Waals surface area contributed by atoms with Crippen LogP contribution in [-0.2, 0) is 67.1 Å². The molecule has 412 valence electrons. The first-order valence-electron chi connectivity index (χ1n) is 24.3. The molecule has 22 nitrogen and oxygen atoms in total. The zero-order valence-corrected chi connectivity index (χ0v) is 44.0. The first-order valence-corrected chi connectivity index (χ1v) is 25.9. The second kappa shape index (κ2) is 28.5. The van der Waals surface area contributed by atoms with E-state index in [1.54, 1.807) is 59.7 Å². The van der Waals surface area contributed by atoms with Crippen LogP contribution in [0.4, 0.5) is 0 Å². The van der Waals surface area contributed by atoms with Crippen molar-refractivity contribution in [1.82, 2.24) is 4.90 Å². The molecule has 0 aromatic heterocycles. The van der Waals surface area contributed by atoms with E-state index in [0.717, 1.165) is 6.29 Å². The normalized spacial score (nSPS) is 42.6. The van der Waals surface area contributed by atoms with Gasteiger partial charge in [-0.1, -0.05) is 38.5 Å². The highest BCUT2D eigenvalue weighted by molar-refractivity contribution is 7.85. The van der Waals surface area contributed by atoms with Gasteiger partial charge >= 0.3 is 5.97 Å². The highest BCUT2D eigenvalue weighted by Gasteiger charge is 2.52. The van der Waals surface area contributed by atoms with Crippen LogP contribution in [0.1, 0.15) is 87.5 Å². The lowest BCUT2D eigenvalue weighted by atomic mass is 9.79. The molecule has 0 spiro atoms. The van der Waals surface area contributed by atoms with Crippen LogP contribution in [0.3, 0.4) is 0 Å². The number of methoxy groups -OCH3 is 2. The number of ketones is 1. The van der Waals surface area contributed by atoms with E-state index < -0.39 is 162 Å². The summed E-state index contributed by atoms with van der Waals surface area (Å²) in [4.78, 5) is 41.5. The number of allylic oxidation sites excluding steroid dienone is 3. The van der Waals surface area contributed by atoms with E-state index in [1.807, 2.05) is 19.9 Å². The fraction of sp³-hybridized carbons (Fsp3) is 0.854. The summed E-state index contributed by atoms with van der Waals surface area (Å²) in [6, 6.07) is -0.748. The Bertz CT molecular complexity index is 1830. The predicted octanol–water partition coefficient (Wildman–Crippen LogP) is 0.700. The van der Waals surface area contributed by atoms with Gasteiger partial charge < -0.3 is 83.0 Å². The average molecular weight is 1040 g/mol. The summed E-state index contributed by atoms with van der Waals surface area (Å²) in [6.07, 6.45) is -8.49. The van der Waals surface area contributed by atoms with Gasteiger partial charge in [-0.05, 0) is 73.5 Å². The van der Waals surface area contributed by atoms with Crippen molar-refractivity contribution in [2.45, 2.75) is 191 Å². The van der Waals surface area contributed by atoms with Gasteiger partial charge in [0.05, 0.1) is 67.6 Å². The molecule has 0 bridgehead atoms. The summed E-state index contributed by atoms with van der Waals surface area (Å²) >= 11 is 0. The SMILES string of the molecule is CC[C@H]1OC(=O)C[C@@H](O)[C@H](C)[C@@H](O[C@@H]2O[C@H](C)[C@@H](O[C@H]3C[C@@](C)(O)[C@@H](O)[C@H](C)O3)[C@H](N(C)C)[C@H]2O)[C@@H](CC=O)C[C@@H](C)C(=O)/C=C/C(C)=C/C1CO[C@@H]1O[C@H](C)[C@@H](O)[C@@H](OC)[C@H]1OC.O=S(=O)(O)CCO. The van der Waals surface area contributed by atoms with Gasteiger partial charge in [0.1, 0.15) is 49.0 Å². The smallest absolute Gasteiger partial charge is 0.308 e. The van der Waals surface area contributed by atoms with E-state index in [9.17, 15) is 48.3 Å². The molecular formula is C48H83NO21S. The molecule has 23 heteroatoms. The zero-order valence-electron chi connectivity index (χ0n) is 43.2. The van der Waals surface area contributed by atoms with Gasteiger partial charge in [-0.15, -0.1) is 0 Å². The van der Waals surface area contributed by atoms with E-state index in [4.69, 9.17) is 52.3 Å². The third kappa shape index (κ3) is 17.9. The van der Waals surface area contributed by atoms with E-state index in [2.05, 4.69) is 0 Å². The molecule has 3 saturated heterocycles. The van der Waals surface area contributed by atoms with E-state index >= 15 is 0 Å². The molecule has 3 fully saturated rings. The Morgan fingerprint density at radius 3 is 2.04 bits per heavy atom. The van der Waals surface area contributed by atoms with Crippen LogP contribution in [0, 0.1) is 23.7 Å². The molecule has 0 aromatic carbocycles. The number of likely N-dealkylation sites (N-methyl/N-ethyl adjacent to an activating group) is 1. The quantitative estimate of drug-likeness (QED) is 0.0675. The minimum Gasteiger partial charge on any atom is -0.462 e. The number of aliphatic hydroxyl groups excluding tert-OH is 5. The number of hydrogen-bond acceptors (Lipinski definition) is 21. The largest absolute Gasteiger partial charge is 0.462 e. The maximum atomic E-state index is 13.8. The maximum absolute atomic E-state index is 13.8. The molecule has 71 heavy (non-hydrogen) atoms.